The molecule has 0 spiro atoms. The number of aliphatic hydroxyl groups excluding tert-OH is 13. The van der Waals surface area contributed by atoms with Crippen molar-refractivity contribution in [2.75, 3.05) is 26.4 Å². The number of aliphatic hydroxyl groups is 13. The third kappa shape index (κ3) is 31.7. The third-order valence-corrected chi connectivity index (χ3v) is 10.6. The van der Waals surface area contributed by atoms with Gasteiger partial charge in [0, 0.05) is 0 Å². The van der Waals surface area contributed by atoms with E-state index in [1.807, 2.05) is 62.3 Å². The first-order chi connectivity index (χ1) is 36.9. The Morgan fingerprint density at radius 2 is 0.780 bits per heavy atom. The molecule has 0 aliphatic carbocycles. The molecule has 4 saturated heterocycles. The molecule has 5 aliphatic heterocycles. The van der Waals surface area contributed by atoms with E-state index in [2.05, 4.69) is 0 Å². The van der Waals surface area contributed by atoms with Crippen LogP contribution in [0.3, 0.4) is 0 Å². The van der Waals surface area contributed by atoms with E-state index in [1.54, 1.807) is 48.5 Å². The van der Waals surface area contributed by atoms with E-state index < -0.39 is 164 Å². The van der Waals surface area contributed by atoms with Crippen LogP contribution in [0.4, 0.5) is 0 Å². The van der Waals surface area contributed by atoms with Gasteiger partial charge in [-0.1, -0.05) is 0 Å². The molecule has 0 aromatic rings. The zero-order valence-electron chi connectivity index (χ0n) is 49.4. The van der Waals surface area contributed by atoms with Crippen molar-refractivity contribution >= 4 is 18.5 Å². The predicted molar refractivity (Wildman–Crippen MR) is 272 cm³/mol. The van der Waals surface area contributed by atoms with E-state index in [9.17, 15) is 66.4 Å². The topological polar surface area (TPSA) is 498 Å². The van der Waals surface area contributed by atoms with Gasteiger partial charge in [0.25, 0.3) is 0 Å². The summed E-state index contributed by atoms with van der Waals surface area (Å²) < 4.78 is 59.8. The van der Waals surface area contributed by atoms with E-state index in [-0.39, 0.29) is 43.8 Å². The van der Waals surface area contributed by atoms with Crippen LogP contribution in [0.15, 0.2) is 12.3 Å². The van der Waals surface area contributed by atoms with Crippen LogP contribution in [0.1, 0.15) is 111 Å². The van der Waals surface area contributed by atoms with Crippen molar-refractivity contribution in [2.24, 2.45) is 0 Å². The molecule has 5 heterocycles. The lowest BCUT2D eigenvalue weighted by Crippen LogP contribution is -2.63. The summed E-state index contributed by atoms with van der Waals surface area (Å²) in [4.78, 5) is 48.8. The molecule has 5 aliphatic rings. The van der Waals surface area contributed by atoms with Gasteiger partial charge in [-0.2, -0.15) is 28.8 Å². The van der Waals surface area contributed by atoms with E-state index in [1.165, 1.54) is 12.3 Å². The number of ether oxygens (including phenoxy) is 11. The number of rotatable bonds is 9. The van der Waals surface area contributed by atoms with E-state index in [4.69, 9.17) is 80.9 Å². The molecule has 21 unspecified atom stereocenters. The average Bonchev–Trinajstić information content (AvgIpc) is 3.32. The Kier molecular flexibility index (Phi) is 38.4. The summed E-state index contributed by atoms with van der Waals surface area (Å²) in [6.07, 6.45) is -18.5. The molecule has 15 N–H and O–H groups in total. The van der Waals surface area contributed by atoms with Crippen molar-refractivity contribution in [2.45, 2.75) is 268 Å². The molecule has 21 atom stereocenters. The molecule has 484 valence electrons. The van der Waals surface area contributed by atoms with Gasteiger partial charge in [-0.05, 0) is 117 Å². The second kappa shape index (κ2) is 38.0. The highest BCUT2D eigenvalue weighted by Crippen LogP contribution is 2.32. The van der Waals surface area contributed by atoms with Gasteiger partial charge < -0.3 is 124 Å². The Morgan fingerprint density at radius 3 is 1.17 bits per heavy atom. The van der Waals surface area contributed by atoms with Crippen LogP contribution in [-0.4, -0.2) is 274 Å². The molecule has 82 heavy (non-hydrogen) atoms. The van der Waals surface area contributed by atoms with Crippen molar-refractivity contribution in [1.29, 1.82) is 0 Å². The highest BCUT2D eigenvalue weighted by molar-refractivity contribution is 5.20. The van der Waals surface area contributed by atoms with Gasteiger partial charge >= 0.3 is 18.5 Å². The molecule has 0 radical (unpaired) electrons. The van der Waals surface area contributed by atoms with E-state index in [0.29, 0.717) is 0 Å². The molecule has 0 bridgehead atoms. The molecule has 5 rings (SSSR count). The lowest BCUT2D eigenvalue weighted by atomic mass is 9.95. The first kappa shape index (κ1) is 82.9. The van der Waals surface area contributed by atoms with Crippen molar-refractivity contribution in [3.05, 3.63) is 12.3 Å². The van der Waals surface area contributed by atoms with Gasteiger partial charge in [-0.15, -0.1) is 0 Å². The Balaban J connectivity index is -0.00000101. The molecule has 4 fully saturated rings. The highest BCUT2D eigenvalue weighted by Gasteiger charge is 2.50. The first-order valence-corrected chi connectivity index (χ1v) is 25.5. The summed E-state index contributed by atoms with van der Waals surface area (Å²) in [7, 11) is 0. The van der Waals surface area contributed by atoms with Crippen LogP contribution in [-0.2, 0) is 80.9 Å². The van der Waals surface area contributed by atoms with Crippen LogP contribution in [0.25, 0.3) is 0 Å². The van der Waals surface area contributed by atoms with Gasteiger partial charge in [-0.25, -0.2) is 0 Å². The minimum Gasteiger partial charge on any atom is -0.470 e. The maximum absolute atomic E-state index is 10.5. The molecule has 0 aromatic carbocycles. The molecular weight excluding hydrogens is 1110 g/mol. The number of hydrogen-bond donors (Lipinski definition) is 13. The van der Waals surface area contributed by atoms with Crippen LogP contribution < -0.4 is 0 Å². The largest absolute Gasteiger partial charge is 0.470 e. The minimum absolute atomic E-state index is 0. The highest BCUT2D eigenvalue weighted by atomic mass is 16.7. The normalized spacial score (nSPS) is 35.5. The quantitative estimate of drug-likeness (QED) is 0.104. The van der Waals surface area contributed by atoms with Crippen LogP contribution in [0.5, 0.6) is 0 Å². The van der Waals surface area contributed by atoms with Crippen LogP contribution >= 0.6 is 0 Å². The minimum atomic E-state index is -1.50. The van der Waals surface area contributed by atoms with Crippen molar-refractivity contribution < 1.29 is 153 Å². The van der Waals surface area contributed by atoms with Gasteiger partial charge in [0.15, 0.2) is 18.9 Å². The second-order valence-electron chi connectivity index (χ2n) is 23.5. The summed E-state index contributed by atoms with van der Waals surface area (Å²) in [6, 6.07) is 0. The summed E-state index contributed by atoms with van der Waals surface area (Å²) in [5, 5.41) is 127. The Hall–Kier alpha value is -3.28. The van der Waals surface area contributed by atoms with Gasteiger partial charge in [0.2, 0.25) is 6.29 Å². The Bertz CT molecular complexity index is 1810. The summed E-state index contributed by atoms with van der Waals surface area (Å²) in [5.41, 5.74) is -2.58. The fourth-order valence-electron chi connectivity index (χ4n) is 7.29. The van der Waals surface area contributed by atoms with Crippen molar-refractivity contribution in [1.82, 2.24) is 0 Å². The zero-order valence-corrected chi connectivity index (χ0v) is 49.4. The first-order valence-electron chi connectivity index (χ1n) is 25.5. The fourth-order valence-corrected chi connectivity index (χ4v) is 7.29. The summed E-state index contributed by atoms with van der Waals surface area (Å²) in [5.74, 6) is 0. The van der Waals surface area contributed by atoms with Gasteiger partial charge in [0.05, 0.1) is 66.8 Å². The lowest BCUT2D eigenvalue weighted by Gasteiger charge is -2.46. The summed E-state index contributed by atoms with van der Waals surface area (Å²) in [6.45, 7) is 28.0. The maximum Gasteiger partial charge on any atom is 0.373 e. The second-order valence-corrected chi connectivity index (χ2v) is 23.5. The maximum atomic E-state index is 10.5. The Labute approximate surface area is 476 Å². The van der Waals surface area contributed by atoms with Crippen LogP contribution in [0.2, 0.25) is 0 Å². The van der Waals surface area contributed by atoms with Gasteiger partial charge in [0.1, 0.15) is 97.7 Å². The monoisotopic (exact) mass is 1200 g/mol. The average molecular weight is 1200 g/mol. The SMILES string of the molecule is CC(C)(C)OC1OC=CC(O)C1O.CC(C)(C)OC1OCC(O)C(O)C1O.CC(C)(C)OC1OCC(OC2OC(CO)C(OC(C)(C)C)C(O)C2O)C(O)C1O.CC1OC(CO)C(OC(C)(C)C)C(O)C1O.O.O=C=O.O=C=O.O=C=O. The number of hydrogen-bond acceptors (Lipinski definition) is 30. The molecular formula is C51H94O31. The molecule has 31 nitrogen and oxygen atoms in total. The Morgan fingerprint density at radius 1 is 0.439 bits per heavy atom. The molecule has 0 saturated carbocycles. The summed E-state index contributed by atoms with van der Waals surface area (Å²) >= 11 is 0. The number of carbonyl (C=O) groups excluding carboxylic acids is 6. The molecule has 31 heteroatoms. The van der Waals surface area contributed by atoms with E-state index >= 15 is 0 Å². The fraction of sp³-hybridized carbons (Fsp3) is 0.902. The smallest absolute Gasteiger partial charge is 0.373 e. The third-order valence-electron chi connectivity index (χ3n) is 10.6. The van der Waals surface area contributed by atoms with Crippen molar-refractivity contribution in [3.8, 4) is 0 Å². The lowest BCUT2D eigenvalue weighted by molar-refractivity contribution is -0.355. The van der Waals surface area contributed by atoms with Crippen molar-refractivity contribution in [3.63, 3.8) is 0 Å². The molecule has 0 amide bonds. The predicted octanol–water partition coefficient (Wildman–Crippen LogP) is -4.38. The zero-order chi connectivity index (χ0) is 63.8. The standard InChI is InChI=1S/C19H36O10.C11H22O5.C9H18O5.C9H16O4.3CO2.H2O/c1-18(2,3)28-15-9(7-20)26-17(14(24)12(15)22)27-10-8-25-16(13(23)11(10)21)29-19(4,5)6;1-6-8(13)9(14)10(7(5-12)15-6)16-11(2,3)4;1-9(2,3)14-8-7(12)6(11)5(10)4-13-8;1-9(2,3)13-8-7(11)6(10)4-5-12-8;3*2-1-3;/h9-17,20-24H,7-8H2,1-6H3;6-10,12-14H,5H2,1-4H3;5-8,10-12H,4H2,1-3H3;4-8,10-11H,1-3H3;;;;1H2. The van der Waals surface area contributed by atoms with Crippen LogP contribution in [0, 0.1) is 0 Å². The van der Waals surface area contributed by atoms with E-state index in [0.717, 1.165) is 0 Å². The van der Waals surface area contributed by atoms with Gasteiger partial charge in [-0.3, -0.25) is 0 Å². The molecule has 0 aromatic heterocycles.